The number of nitrogens with zero attached hydrogens (tertiary/aromatic N) is 2. The molecule has 0 aliphatic rings. The van der Waals surface area contributed by atoms with Crippen LogP contribution in [-0.2, 0) is 16.1 Å². The summed E-state index contributed by atoms with van der Waals surface area (Å²) in [5, 5.41) is 16.3. The Balaban J connectivity index is 2.37. The third-order valence-electron chi connectivity index (χ3n) is 3.50. The number of carboxylic acid groups (broad SMARTS) is 1. The summed E-state index contributed by atoms with van der Waals surface area (Å²) in [6, 6.07) is 8.71. The Kier molecular flexibility index (Phi) is 4.60. The molecule has 1 amide bonds. The van der Waals surface area contributed by atoms with E-state index < -0.39 is 12.0 Å². The van der Waals surface area contributed by atoms with E-state index >= 15 is 0 Å². The minimum absolute atomic E-state index is 0.387. The Hall–Kier alpha value is -2.63. The van der Waals surface area contributed by atoms with Gasteiger partial charge in [-0.05, 0) is 19.4 Å². The Morgan fingerprint density at radius 1 is 1.27 bits per heavy atom. The van der Waals surface area contributed by atoms with Gasteiger partial charge in [-0.1, -0.05) is 30.3 Å². The first-order chi connectivity index (χ1) is 10.4. The molecule has 0 radical (unpaired) electrons. The summed E-state index contributed by atoms with van der Waals surface area (Å²) in [4.78, 5) is 22.7. The van der Waals surface area contributed by atoms with Crippen LogP contribution in [0.4, 0.5) is 0 Å². The Bertz CT molecular complexity index is 692. The molecule has 2 aromatic rings. The molecular formula is C16H19N3O3. The van der Waals surface area contributed by atoms with Crippen LogP contribution >= 0.6 is 0 Å². The lowest BCUT2D eigenvalue weighted by Crippen LogP contribution is -2.32. The number of hydrogen-bond donors (Lipinski definition) is 2. The fourth-order valence-electron chi connectivity index (χ4n) is 2.50. The number of carbonyl (C=O) groups is 2. The molecule has 0 saturated heterocycles. The Morgan fingerprint density at radius 2 is 1.91 bits per heavy atom. The van der Waals surface area contributed by atoms with Crippen LogP contribution in [0.2, 0.25) is 0 Å². The van der Waals surface area contributed by atoms with Crippen LogP contribution in [0.15, 0.2) is 30.3 Å². The van der Waals surface area contributed by atoms with E-state index in [0.717, 1.165) is 11.3 Å². The van der Waals surface area contributed by atoms with E-state index in [-0.39, 0.29) is 5.91 Å². The van der Waals surface area contributed by atoms with Crippen LogP contribution in [0.5, 0.6) is 0 Å². The molecule has 0 bridgehead atoms. The fraction of sp³-hybridized carbons (Fsp3) is 0.312. The fourth-order valence-corrected chi connectivity index (χ4v) is 2.50. The van der Waals surface area contributed by atoms with Gasteiger partial charge in [-0.15, -0.1) is 0 Å². The van der Waals surface area contributed by atoms with Gasteiger partial charge < -0.3 is 10.4 Å². The quantitative estimate of drug-likeness (QED) is 0.882. The number of carboxylic acids is 1. The highest BCUT2D eigenvalue weighted by Crippen LogP contribution is 2.22. The van der Waals surface area contributed by atoms with E-state index in [9.17, 15) is 14.7 Å². The first-order valence-electron chi connectivity index (χ1n) is 6.98. The zero-order chi connectivity index (χ0) is 16.3. The zero-order valence-electron chi connectivity index (χ0n) is 12.8. The SMILES string of the molecule is CC(=O)NC(C(=O)O)c1c(C)nn(Cc2ccccc2)c1C. The lowest BCUT2D eigenvalue weighted by molar-refractivity contribution is -0.141. The molecule has 0 aliphatic carbocycles. The second-order valence-corrected chi connectivity index (χ2v) is 5.20. The zero-order valence-corrected chi connectivity index (χ0v) is 12.8. The van der Waals surface area contributed by atoms with Crippen LogP contribution in [-0.4, -0.2) is 26.8 Å². The minimum atomic E-state index is -1.10. The second kappa shape index (κ2) is 6.43. The number of aliphatic carboxylic acids is 1. The van der Waals surface area contributed by atoms with E-state index in [4.69, 9.17) is 0 Å². The molecule has 1 aromatic heterocycles. The summed E-state index contributed by atoms with van der Waals surface area (Å²) in [6.45, 7) is 5.42. The number of benzene rings is 1. The number of amides is 1. The molecule has 1 aromatic carbocycles. The van der Waals surface area contributed by atoms with Gasteiger partial charge in [0.05, 0.1) is 12.2 Å². The summed E-state index contributed by atoms with van der Waals surface area (Å²) in [7, 11) is 0. The van der Waals surface area contributed by atoms with Gasteiger partial charge in [0, 0.05) is 18.2 Å². The molecule has 1 unspecified atom stereocenters. The molecular weight excluding hydrogens is 282 g/mol. The summed E-state index contributed by atoms with van der Waals surface area (Å²) < 4.78 is 1.76. The van der Waals surface area contributed by atoms with E-state index in [2.05, 4.69) is 10.4 Å². The van der Waals surface area contributed by atoms with Crippen LogP contribution in [0, 0.1) is 13.8 Å². The van der Waals surface area contributed by atoms with E-state index in [1.807, 2.05) is 37.3 Å². The number of aromatic nitrogens is 2. The first-order valence-corrected chi connectivity index (χ1v) is 6.98. The summed E-state index contributed by atoms with van der Waals surface area (Å²) in [5.41, 5.74) is 2.96. The van der Waals surface area contributed by atoms with Gasteiger partial charge in [0.1, 0.15) is 0 Å². The summed E-state index contributed by atoms with van der Waals surface area (Å²) in [6.07, 6.45) is 0. The normalized spacial score (nSPS) is 12.0. The lowest BCUT2D eigenvalue weighted by atomic mass is 10.0. The van der Waals surface area contributed by atoms with Gasteiger partial charge in [0.2, 0.25) is 5.91 Å². The highest BCUT2D eigenvalue weighted by Gasteiger charge is 2.27. The third kappa shape index (κ3) is 3.33. The standard InChI is InChI=1S/C16H19N3O3/c1-10-14(15(16(21)22)17-12(3)20)11(2)19(18-10)9-13-7-5-4-6-8-13/h4-8,15H,9H2,1-3H3,(H,17,20)(H,21,22). The Labute approximate surface area is 128 Å². The molecule has 0 aliphatic heterocycles. The van der Waals surface area contributed by atoms with Crippen molar-refractivity contribution < 1.29 is 14.7 Å². The summed E-state index contributed by atoms with van der Waals surface area (Å²) in [5.74, 6) is -1.48. The van der Waals surface area contributed by atoms with Crippen LogP contribution < -0.4 is 5.32 Å². The van der Waals surface area contributed by atoms with Crippen LogP contribution in [0.25, 0.3) is 0 Å². The van der Waals surface area contributed by atoms with Gasteiger partial charge in [0.15, 0.2) is 6.04 Å². The van der Waals surface area contributed by atoms with Crippen molar-refractivity contribution in [1.82, 2.24) is 15.1 Å². The van der Waals surface area contributed by atoms with Crippen LogP contribution in [0.1, 0.15) is 35.5 Å². The number of carbonyl (C=O) groups excluding carboxylic acids is 1. The molecule has 2 rings (SSSR count). The van der Waals surface area contributed by atoms with Gasteiger partial charge in [-0.2, -0.15) is 5.10 Å². The van der Waals surface area contributed by atoms with Crippen molar-refractivity contribution in [3.05, 3.63) is 52.8 Å². The number of hydrogen-bond acceptors (Lipinski definition) is 3. The largest absolute Gasteiger partial charge is 0.479 e. The van der Waals surface area contributed by atoms with Gasteiger partial charge in [0.25, 0.3) is 0 Å². The average Bonchev–Trinajstić information content (AvgIpc) is 2.72. The number of nitrogens with one attached hydrogen (secondary N) is 1. The molecule has 0 fully saturated rings. The lowest BCUT2D eigenvalue weighted by Gasteiger charge is -2.14. The van der Waals surface area contributed by atoms with E-state index in [0.29, 0.717) is 17.8 Å². The van der Waals surface area contributed by atoms with E-state index in [1.54, 1.807) is 11.6 Å². The molecule has 116 valence electrons. The molecule has 0 spiro atoms. The van der Waals surface area contributed by atoms with Crippen molar-refractivity contribution in [2.45, 2.75) is 33.4 Å². The average molecular weight is 301 g/mol. The molecule has 2 N–H and O–H groups in total. The maximum Gasteiger partial charge on any atom is 0.331 e. The van der Waals surface area contributed by atoms with Crippen molar-refractivity contribution in [2.24, 2.45) is 0 Å². The van der Waals surface area contributed by atoms with Crippen molar-refractivity contribution in [2.75, 3.05) is 0 Å². The monoisotopic (exact) mass is 301 g/mol. The highest BCUT2D eigenvalue weighted by molar-refractivity contribution is 5.83. The van der Waals surface area contributed by atoms with E-state index in [1.165, 1.54) is 6.92 Å². The topological polar surface area (TPSA) is 84.2 Å². The molecule has 1 atom stereocenters. The highest BCUT2D eigenvalue weighted by atomic mass is 16.4. The van der Waals surface area contributed by atoms with Gasteiger partial charge >= 0.3 is 5.97 Å². The number of aryl methyl sites for hydroxylation is 1. The molecule has 1 heterocycles. The van der Waals surface area contributed by atoms with Crippen molar-refractivity contribution >= 4 is 11.9 Å². The third-order valence-corrected chi connectivity index (χ3v) is 3.50. The molecule has 0 saturated carbocycles. The first kappa shape index (κ1) is 15.8. The van der Waals surface area contributed by atoms with Crippen molar-refractivity contribution in [3.8, 4) is 0 Å². The smallest absolute Gasteiger partial charge is 0.331 e. The molecule has 6 heteroatoms. The second-order valence-electron chi connectivity index (χ2n) is 5.20. The van der Waals surface area contributed by atoms with Crippen LogP contribution in [0.3, 0.4) is 0 Å². The maximum atomic E-state index is 11.5. The predicted molar refractivity (Wildman–Crippen MR) is 81.4 cm³/mol. The van der Waals surface area contributed by atoms with Crippen molar-refractivity contribution in [3.63, 3.8) is 0 Å². The molecule has 22 heavy (non-hydrogen) atoms. The molecule has 6 nitrogen and oxygen atoms in total. The predicted octanol–water partition coefficient (Wildman–Crippen LogP) is 1.81. The Morgan fingerprint density at radius 3 is 2.45 bits per heavy atom. The van der Waals surface area contributed by atoms with Gasteiger partial charge in [-0.3, -0.25) is 9.48 Å². The minimum Gasteiger partial charge on any atom is -0.479 e. The summed E-state index contributed by atoms with van der Waals surface area (Å²) >= 11 is 0. The van der Waals surface area contributed by atoms with Gasteiger partial charge in [-0.25, -0.2) is 4.79 Å². The number of rotatable bonds is 5. The maximum absolute atomic E-state index is 11.5. The van der Waals surface area contributed by atoms with Crippen molar-refractivity contribution in [1.29, 1.82) is 0 Å².